The molecular weight excluding hydrogens is 607 g/mol. The van der Waals surface area contributed by atoms with Gasteiger partial charge in [0, 0.05) is 50.2 Å². The van der Waals surface area contributed by atoms with Crippen molar-refractivity contribution in [2.75, 3.05) is 0 Å². The number of aromatic nitrogens is 2. The number of hydrogen-bond acceptors (Lipinski definition) is 6. The van der Waals surface area contributed by atoms with Gasteiger partial charge in [-0.15, -0.1) is 6.58 Å². The molecule has 0 fully saturated rings. The SMILES string of the molecule is C=CC(C)(C)c1[nH]c2ccccc2c1C1=C(OS(=O)(=O)C(F)(F)F)C(=O)C(c2c[nH]c3c(CC=C(C)C)cccc23)=C(N)C1=O. The van der Waals surface area contributed by atoms with Crippen molar-refractivity contribution < 1.29 is 35.4 Å². The highest BCUT2D eigenvalue weighted by Crippen LogP contribution is 2.44. The molecule has 2 aromatic heterocycles. The molecule has 8 nitrogen and oxygen atoms in total. The third-order valence-corrected chi connectivity index (χ3v) is 8.74. The zero-order valence-electron chi connectivity index (χ0n) is 24.8. The van der Waals surface area contributed by atoms with E-state index < -0.39 is 55.2 Å². The normalized spacial score (nSPS) is 14.9. The van der Waals surface area contributed by atoms with E-state index in [1.54, 1.807) is 50.2 Å². The highest BCUT2D eigenvalue weighted by Gasteiger charge is 2.51. The van der Waals surface area contributed by atoms with Crippen LogP contribution in [0.3, 0.4) is 0 Å². The maximum absolute atomic E-state index is 14.2. The van der Waals surface area contributed by atoms with E-state index in [1.807, 2.05) is 26.0 Å². The van der Waals surface area contributed by atoms with Gasteiger partial charge in [0.15, 0.2) is 0 Å². The number of para-hydroxylation sites is 2. The molecule has 0 unspecified atom stereocenters. The molecule has 45 heavy (non-hydrogen) atoms. The predicted molar refractivity (Wildman–Crippen MR) is 167 cm³/mol. The number of rotatable bonds is 8. The van der Waals surface area contributed by atoms with E-state index in [4.69, 9.17) is 5.73 Å². The molecule has 4 aromatic rings. The van der Waals surface area contributed by atoms with E-state index in [1.165, 1.54) is 12.3 Å². The highest BCUT2D eigenvalue weighted by atomic mass is 32.2. The van der Waals surface area contributed by atoms with Crippen molar-refractivity contribution in [2.45, 2.75) is 45.0 Å². The first kappa shape index (κ1) is 31.6. The minimum Gasteiger partial charge on any atom is -0.395 e. The van der Waals surface area contributed by atoms with Gasteiger partial charge in [0.25, 0.3) is 0 Å². The van der Waals surface area contributed by atoms with Gasteiger partial charge in [-0.25, -0.2) is 0 Å². The number of alkyl halides is 3. The van der Waals surface area contributed by atoms with Crippen LogP contribution in [0.15, 0.2) is 84.4 Å². The Morgan fingerprint density at radius 1 is 1.00 bits per heavy atom. The summed E-state index contributed by atoms with van der Waals surface area (Å²) < 4.78 is 70.5. The predicted octanol–water partition coefficient (Wildman–Crippen LogP) is 6.72. The summed E-state index contributed by atoms with van der Waals surface area (Å²) in [6.07, 6.45) is 5.46. The van der Waals surface area contributed by atoms with Crippen LogP contribution in [0.2, 0.25) is 0 Å². The van der Waals surface area contributed by atoms with E-state index in [0.29, 0.717) is 28.2 Å². The fourth-order valence-corrected chi connectivity index (χ4v) is 5.80. The Bertz CT molecular complexity index is 2120. The molecule has 0 atom stereocenters. The lowest BCUT2D eigenvalue weighted by Gasteiger charge is -2.26. The number of ketones is 2. The summed E-state index contributed by atoms with van der Waals surface area (Å²) in [7, 11) is -6.40. The van der Waals surface area contributed by atoms with Crippen molar-refractivity contribution in [3.63, 3.8) is 0 Å². The zero-order valence-corrected chi connectivity index (χ0v) is 25.7. The molecule has 0 aliphatic heterocycles. The van der Waals surface area contributed by atoms with Gasteiger partial charge < -0.3 is 19.9 Å². The standard InChI is InChI=1S/C33H30F3N3O5S/c1-6-32(4,5)31-23(20-11-7-8-13-22(20)39-31)25-28(40)26(37)24(29(41)30(25)44-45(42,43)33(34,35)36)21-16-38-27-18(15-14-17(2)3)10-9-12-19(21)27/h6-14,16,38-39H,1,15,37H2,2-5H3. The molecule has 4 N–H and O–H groups in total. The molecule has 0 saturated heterocycles. The van der Waals surface area contributed by atoms with E-state index in [2.05, 4.69) is 20.7 Å². The molecule has 0 amide bonds. The lowest BCUT2D eigenvalue weighted by atomic mass is 9.80. The largest absolute Gasteiger partial charge is 0.534 e. The van der Waals surface area contributed by atoms with E-state index in [-0.39, 0.29) is 16.8 Å². The summed E-state index contributed by atoms with van der Waals surface area (Å²) >= 11 is 0. The molecule has 2 aromatic carbocycles. The second kappa shape index (κ2) is 11.0. The summed E-state index contributed by atoms with van der Waals surface area (Å²) in [6.45, 7) is 11.1. The van der Waals surface area contributed by atoms with Gasteiger partial charge in [-0.3, -0.25) is 9.59 Å². The van der Waals surface area contributed by atoms with Gasteiger partial charge in [-0.2, -0.15) is 21.6 Å². The number of fused-ring (bicyclic) bond motifs is 2. The van der Waals surface area contributed by atoms with E-state index >= 15 is 0 Å². The molecule has 0 bridgehead atoms. The summed E-state index contributed by atoms with van der Waals surface area (Å²) in [6, 6.07) is 11.8. The van der Waals surface area contributed by atoms with Crippen molar-refractivity contribution in [3.05, 3.63) is 107 Å². The number of allylic oxidation sites excluding steroid dienone is 5. The lowest BCUT2D eigenvalue weighted by molar-refractivity contribution is -0.115. The van der Waals surface area contributed by atoms with Crippen LogP contribution in [0.5, 0.6) is 0 Å². The molecule has 12 heteroatoms. The van der Waals surface area contributed by atoms with Crippen molar-refractivity contribution >= 4 is 54.6 Å². The second-order valence-electron chi connectivity index (χ2n) is 11.5. The van der Waals surface area contributed by atoms with Crippen molar-refractivity contribution in [1.82, 2.24) is 9.97 Å². The average Bonchev–Trinajstić information content (AvgIpc) is 3.57. The van der Waals surface area contributed by atoms with E-state index in [0.717, 1.165) is 11.1 Å². The van der Waals surface area contributed by atoms with Crippen LogP contribution in [-0.2, 0) is 35.7 Å². The number of halogens is 3. The first-order valence-corrected chi connectivity index (χ1v) is 15.2. The molecule has 2 heterocycles. The molecule has 0 saturated carbocycles. The Kier molecular flexibility index (Phi) is 7.69. The topological polar surface area (TPSA) is 135 Å². The third kappa shape index (κ3) is 5.28. The lowest BCUT2D eigenvalue weighted by Crippen LogP contribution is -2.33. The van der Waals surface area contributed by atoms with Gasteiger partial charge >= 0.3 is 15.6 Å². The van der Waals surface area contributed by atoms with Crippen LogP contribution in [0.25, 0.3) is 33.0 Å². The number of H-pyrrole nitrogens is 2. The summed E-state index contributed by atoms with van der Waals surface area (Å²) in [5.41, 5.74) is 1.14. The Hall–Kier alpha value is -4.84. The van der Waals surface area contributed by atoms with Crippen LogP contribution in [-0.4, -0.2) is 35.5 Å². The van der Waals surface area contributed by atoms with Crippen LogP contribution in [0.4, 0.5) is 13.2 Å². The molecule has 1 aliphatic carbocycles. The number of Topliss-reactive ketones (excluding diaryl/α,β-unsaturated/α-hetero) is 2. The molecular formula is C33H30F3N3O5S. The van der Waals surface area contributed by atoms with Crippen molar-refractivity contribution in [1.29, 1.82) is 0 Å². The number of nitrogens with one attached hydrogen (secondary N) is 2. The van der Waals surface area contributed by atoms with Crippen LogP contribution < -0.4 is 5.73 Å². The Balaban J connectivity index is 1.82. The number of aromatic amines is 2. The Morgan fingerprint density at radius 2 is 1.67 bits per heavy atom. The second-order valence-corrected chi connectivity index (χ2v) is 13.0. The number of benzene rings is 2. The number of hydrogen-bond donors (Lipinski definition) is 3. The molecule has 234 valence electrons. The fourth-order valence-electron chi connectivity index (χ4n) is 5.33. The number of nitrogens with two attached hydrogens (primary N) is 1. The van der Waals surface area contributed by atoms with Crippen molar-refractivity contribution in [3.8, 4) is 0 Å². The average molecular weight is 638 g/mol. The number of carbonyl (C=O) groups is 2. The maximum atomic E-state index is 14.2. The summed E-state index contributed by atoms with van der Waals surface area (Å²) in [4.78, 5) is 34.7. The van der Waals surface area contributed by atoms with Crippen LogP contribution in [0, 0.1) is 0 Å². The fraction of sp³-hybridized carbons (Fsp3) is 0.212. The summed E-state index contributed by atoms with van der Waals surface area (Å²) in [5.74, 6) is -3.67. The van der Waals surface area contributed by atoms with Crippen molar-refractivity contribution in [2.24, 2.45) is 5.73 Å². The quantitative estimate of drug-likeness (QED) is 0.0850. The molecule has 1 aliphatic rings. The zero-order chi connectivity index (χ0) is 33.1. The molecule has 5 rings (SSSR count). The number of carbonyl (C=O) groups excluding carboxylic acids is 2. The van der Waals surface area contributed by atoms with Gasteiger partial charge in [-0.05, 0) is 31.9 Å². The van der Waals surface area contributed by atoms with E-state index in [9.17, 15) is 31.2 Å². The minimum absolute atomic E-state index is 0.0221. The molecule has 0 radical (unpaired) electrons. The Labute approximate surface area is 257 Å². The van der Waals surface area contributed by atoms with Crippen LogP contribution in [0.1, 0.15) is 50.1 Å². The maximum Gasteiger partial charge on any atom is 0.534 e. The van der Waals surface area contributed by atoms with Gasteiger partial charge in [0.05, 0.1) is 16.8 Å². The molecule has 0 spiro atoms. The third-order valence-electron chi connectivity index (χ3n) is 7.79. The Morgan fingerprint density at radius 3 is 2.31 bits per heavy atom. The summed E-state index contributed by atoms with van der Waals surface area (Å²) in [5, 5.41) is 0.784. The highest BCUT2D eigenvalue weighted by molar-refractivity contribution is 7.87. The smallest absolute Gasteiger partial charge is 0.395 e. The monoisotopic (exact) mass is 637 g/mol. The first-order valence-electron chi connectivity index (χ1n) is 13.8. The van der Waals surface area contributed by atoms with Gasteiger partial charge in [-0.1, -0.05) is 68.0 Å². The van der Waals surface area contributed by atoms with Crippen LogP contribution >= 0.6 is 0 Å². The minimum atomic E-state index is -6.40. The first-order chi connectivity index (χ1) is 21.0. The van der Waals surface area contributed by atoms with Gasteiger partial charge in [0.2, 0.25) is 17.3 Å². The van der Waals surface area contributed by atoms with Gasteiger partial charge in [0.1, 0.15) is 0 Å².